The number of rotatable bonds is 7. The molecule has 0 amide bonds. The molecule has 7 heteroatoms. The number of likely N-dealkylation sites (N-methyl/N-ethyl adjacent to an activating group) is 1. The summed E-state index contributed by atoms with van der Waals surface area (Å²) in [6.45, 7) is 8.05. The molecular formula is C19H28FN5O. The Balaban J connectivity index is 1.95. The third-order valence-corrected chi connectivity index (χ3v) is 4.80. The van der Waals surface area contributed by atoms with Gasteiger partial charge in [0.1, 0.15) is 11.6 Å². The summed E-state index contributed by atoms with van der Waals surface area (Å²) in [5.74, 6) is 0.811. The van der Waals surface area contributed by atoms with E-state index in [-0.39, 0.29) is 5.82 Å². The maximum Gasteiger partial charge on any atom is 0.137 e. The second kappa shape index (κ2) is 8.62. The van der Waals surface area contributed by atoms with Crippen LogP contribution in [-0.2, 0) is 11.3 Å². The minimum absolute atomic E-state index is 0.250. The van der Waals surface area contributed by atoms with Crippen LogP contribution in [0.2, 0.25) is 0 Å². The van der Waals surface area contributed by atoms with Gasteiger partial charge in [0.15, 0.2) is 0 Å². The molecule has 142 valence electrons. The van der Waals surface area contributed by atoms with Crippen molar-refractivity contribution >= 4 is 5.82 Å². The quantitative estimate of drug-likeness (QED) is 0.762. The number of ether oxygens (including phenoxy) is 1. The van der Waals surface area contributed by atoms with Crippen molar-refractivity contribution in [1.82, 2.24) is 20.0 Å². The minimum atomic E-state index is -0.250. The van der Waals surface area contributed by atoms with E-state index in [4.69, 9.17) is 9.84 Å². The summed E-state index contributed by atoms with van der Waals surface area (Å²) in [7, 11) is 3.84. The first-order valence-electron chi connectivity index (χ1n) is 9.07. The van der Waals surface area contributed by atoms with E-state index in [1.807, 2.05) is 17.7 Å². The third-order valence-electron chi connectivity index (χ3n) is 4.80. The number of piperazine rings is 1. The van der Waals surface area contributed by atoms with Gasteiger partial charge in [0, 0.05) is 51.9 Å². The summed E-state index contributed by atoms with van der Waals surface area (Å²) in [6.07, 6.45) is 0. The van der Waals surface area contributed by atoms with Gasteiger partial charge in [-0.15, -0.1) is 0 Å². The molecule has 1 saturated heterocycles. The van der Waals surface area contributed by atoms with Crippen LogP contribution >= 0.6 is 0 Å². The van der Waals surface area contributed by atoms with Crippen molar-refractivity contribution < 1.29 is 9.13 Å². The first kappa shape index (κ1) is 18.8. The van der Waals surface area contributed by atoms with E-state index in [0.717, 1.165) is 55.5 Å². The molecule has 1 aliphatic heterocycles. The third kappa shape index (κ3) is 4.23. The molecule has 0 saturated carbocycles. The highest BCUT2D eigenvalue weighted by molar-refractivity contribution is 5.55. The van der Waals surface area contributed by atoms with Crippen molar-refractivity contribution in [3.05, 3.63) is 41.3 Å². The molecule has 0 atom stereocenters. The topological polar surface area (TPSA) is 45.6 Å². The minimum Gasteiger partial charge on any atom is -0.383 e. The second-order valence-corrected chi connectivity index (χ2v) is 6.74. The molecular weight excluding hydrogens is 333 g/mol. The Morgan fingerprint density at radius 2 is 2.00 bits per heavy atom. The van der Waals surface area contributed by atoms with Gasteiger partial charge < -0.3 is 19.9 Å². The fourth-order valence-corrected chi connectivity index (χ4v) is 3.27. The molecule has 1 N–H and O–H groups in total. The van der Waals surface area contributed by atoms with Crippen LogP contribution in [0, 0.1) is 12.7 Å². The number of methoxy groups -OCH3 is 1. The zero-order valence-electron chi connectivity index (χ0n) is 15.8. The summed E-state index contributed by atoms with van der Waals surface area (Å²) in [4.78, 5) is 4.68. The van der Waals surface area contributed by atoms with E-state index in [2.05, 4.69) is 22.2 Å². The Hall–Kier alpha value is -1.96. The van der Waals surface area contributed by atoms with Crippen LogP contribution in [0.15, 0.2) is 24.3 Å². The first-order valence-corrected chi connectivity index (χ1v) is 9.07. The van der Waals surface area contributed by atoms with Gasteiger partial charge in [0.25, 0.3) is 0 Å². The Labute approximate surface area is 154 Å². The van der Waals surface area contributed by atoms with Crippen LogP contribution in [0.1, 0.15) is 11.3 Å². The lowest BCUT2D eigenvalue weighted by Gasteiger charge is -2.34. The molecule has 0 aliphatic carbocycles. The lowest BCUT2D eigenvalue weighted by Crippen LogP contribution is -2.45. The molecule has 0 unspecified atom stereocenters. The Morgan fingerprint density at radius 3 is 2.69 bits per heavy atom. The molecule has 1 aromatic heterocycles. The maximum absolute atomic E-state index is 13.8. The van der Waals surface area contributed by atoms with Crippen molar-refractivity contribution in [3.8, 4) is 5.69 Å². The number of aromatic nitrogens is 2. The van der Waals surface area contributed by atoms with Crippen LogP contribution in [0.5, 0.6) is 0 Å². The van der Waals surface area contributed by atoms with Gasteiger partial charge in [-0.25, -0.2) is 9.07 Å². The van der Waals surface area contributed by atoms with Crippen LogP contribution in [0.4, 0.5) is 10.2 Å². The maximum atomic E-state index is 13.8. The highest BCUT2D eigenvalue weighted by atomic mass is 19.1. The van der Waals surface area contributed by atoms with Gasteiger partial charge in [-0.3, -0.25) is 0 Å². The molecule has 1 fully saturated rings. The monoisotopic (exact) mass is 361 g/mol. The molecule has 2 aromatic rings. The predicted molar refractivity (Wildman–Crippen MR) is 102 cm³/mol. The molecule has 26 heavy (non-hydrogen) atoms. The van der Waals surface area contributed by atoms with Crippen LogP contribution in [-0.4, -0.2) is 68.2 Å². The normalized spacial score (nSPS) is 15.6. The van der Waals surface area contributed by atoms with E-state index >= 15 is 0 Å². The van der Waals surface area contributed by atoms with Crippen molar-refractivity contribution in [2.75, 3.05) is 58.4 Å². The van der Waals surface area contributed by atoms with Gasteiger partial charge in [-0.2, -0.15) is 5.10 Å². The molecule has 0 bridgehead atoms. The van der Waals surface area contributed by atoms with E-state index in [9.17, 15) is 4.39 Å². The predicted octanol–water partition coefficient (Wildman–Crippen LogP) is 1.81. The summed E-state index contributed by atoms with van der Waals surface area (Å²) >= 11 is 0. The Bertz CT molecular complexity index is 725. The number of nitrogens with zero attached hydrogens (tertiary/aromatic N) is 4. The molecule has 1 aromatic carbocycles. The van der Waals surface area contributed by atoms with Gasteiger partial charge in [0.05, 0.1) is 18.0 Å². The van der Waals surface area contributed by atoms with Crippen LogP contribution in [0.3, 0.4) is 0 Å². The zero-order chi connectivity index (χ0) is 18.5. The van der Waals surface area contributed by atoms with Gasteiger partial charge in [-0.1, -0.05) is 6.07 Å². The highest BCUT2D eigenvalue weighted by Gasteiger charge is 2.24. The Kier molecular flexibility index (Phi) is 6.24. The number of hydrogen-bond donors (Lipinski definition) is 1. The number of aryl methyl sites for hydroxylation is 1. The average molecular weight is 361 g/mol. The average Bonchev–Trinajstić information content (AvgIpc) is 2.96. The van der Waals surface area contributed by atoms with E-state index < -0.39 is 0 Å². The smallest absolute Gasteiger partial charge is 0.137 e. The van der Waals surface area contributed by atoms with Crippen molar-refractivity contribution in [1.29, 1.82) is 0 Å². The zero-order valence-corrected chi connectivity index (χ0v) is 15.8. The molecule has 0 spiro atoms. The SMILES string of the molecule is COCCNCc1c(C)nn(-c2cccc(F)c2)c1N1CCN(C)CC1. The van der Waals surface area contributed by atoms with Crippen LogP contribution in [0.25, 0.3) is 5.69 Å². The van der Waals surface area contributed by atoms with E-state index in [1.54, 1.807) is 13.2 Å². The number of hydrogen-bond acceptors (Lipinski definition) is 5. The van der Waals surface area contributed by atoms with E-state index in [0.29, 0.717) is 13.2 Å². The summed E-state index contributed by atoms with van der Waals surface area (Å²) in [5.41, 5.74) is 2.88. The van der Waals surface area contributed by atoms with Gasteiger partial charge in [0.2, 0.25) is 0 Å². The standard InChI is InChI=1S/C19H28FN5O/c1-15-18(14-21-7-12-26-3)19(24-10-8-23(2)9-11-24)25(22-15)17-6-4-5-16(20)13-17/h4-6,13,21H,7-12,14H2,1-3H3. The molecule has 0 radical (unpaired) electrons. The summed E-state index contributed by atoms with van der Waals surface area (Å²) in [5, 5.41) is 8.16. The Morgan fingerprint density at radius 1 is 1.23 bits per heavy atom. The lowest BCUT2D eigenvalue weighted by molar-refractivity contribution is 0.199. The molecule has 1 aliphatic rings. The summed E-state index contributed by atoms with van der Waals surface area (Å²) in [6, 6.07) is 6.62. The van der Waals surface area contributed by atoms with Crippen LogP contribution < -0.4 is 10.2 Å². The summed E-state index contributed by atoms with van der Waals surface area (Å²) < 4.78 is 20.8. The molecule has 6 nitrogen and oxygen atoms in total. The van der Waals surface area contributed by atoms with Gasteiger partial charge >= 0.3 is 0 Å². The second-order valence-electron chi connectivity index (χ2n) is 6.74. The molecule has 3 rings (SSSR count). The molecule has 2 heterocycles. The largest absolute Gasteiger partial charge is 0.383 e. The van der Waals surface area contributed by atoms with Crippen molar-refractivity contribution in [3.63, 3.8) is 0 Å². The fraction of sp³-hybridized carbons (Fsp3) is 0.526. The first-order chi connectivity index (χ1) is 12.6. The van der Waals surface area contributed by atoms with Gasteiger partial charge in [-0.05, 0) is 32.2 Å². The number of anilines is 1. The van der Waals surface area contributed by atoms with Crippen molar-refractivity contribution in [2.24, 2.45) is 0 Å². The fourth-order valence-electron chi connectivity index (χ4n) is 3.27. The highest BCUT2D eigenvalue weighted by Crippen LogP contribution is 2.28. The number of benzene rings is 1. The number of nitrogens with one attached hydrogen (secondary N) is 1. The van der Waals surface area contributed by atoms with Crippen molar-refractivity contribution in [2.45, 2.75) is 13.5 Å². The lowest BCUT2D eigenvalue weighted by atomic mass is 10.2. The number of halogens is 1. The van der Waals surface area contributed by atoms with E-state index in [1.165, 1.54) is 12.1 Å².